The molecule has 0 aliphatic carbocycles. The van der Waals surface area contributed by atoms with E-state index in [1.165, 1.54) is 0 Å². The third kappa shape index (κ3) is 4.53. The topological polar surface area (TPSA) is 64.6 Å². The second-order valence-corrected chi connectivity index (χ2v) is 7.86. The molecule has 7 heteroatoms. The van der Waals surface area contributed by atoms with Crippen LogP contribution in [0.25, 0.3) is 0 Å². The van der Waals surface area contributed by atoms with E-state index in [1.807, 2.05) is 29.2 Å². The Labute approximate surface area is 163 Å². The number of carbonyl (C=O) groups is 1. The molecule has 0 atom stereocenters. The Morgan fingerprint density at radius 2 is 1.96 bits per heavy atom. The van der Waals surface area contributed by atoms with Crippen molar-refractivity contribution in [3.05, 3.63) is 42.5 Å². The van der Waals surface area contributed by atoms with Crippen molar-refractivity contribution in [1.29, 1.82) is 0 Å². The lowest BCUT2D eigenvalue weighted by Gasteiger charge is -2.31. The lowest BCUT2D eigenvalue weighted by Crippen LogP contribution is -2.38. The van der Waals surface area contributed by atoms with Crippen LogP contribution in [0.5, 0.6) is 11.5 Å². The Morgan fingerprint density at radius 1 is 1.15 bits per heavy atom. The molecule has 0 spiro atoms. The largest absolute Gasteiger partial charge is 0.486 e. The first-order valence-electron chi connectivity index (χ1n) is 9.36. The van der Waals surface area contributed by atoms with E-state index in [9.17, 15) is 4.79 Å². The Hall–Kier alpha value is -2.28. The number of hydrogen-bond acceptors (Lipinski definition) is 6. The van der Waals surface area contributed by atoms with Crippen LogP contribution in [0, 0.1) is 0 Å². The molecule has 0 N–H and O–H groups in total. The Balaban J connectivity index is 1.22. The van der Waals surface area contributed by atoms with Gasteiger partial charge in [-0.3, -0.25) is 4.79 Å². The second kappa shape index (κ2) is 8.61. The summed E-state index contributed by atoms with van der Waals surface area (Å²) >= 11 is 1.68. The van der Waals surface area contributed by atoms with Crippen molar-refractivity contribution in [2.24, 2.45) is 0 Å². The molecule has 6 nitrogen and oxygen atoms in total. The Morgan fingerprint density at radius 3 is 2.74 bits per heavy atom. The zero-order valence-corrected chi connectivity index (χ0v) is 16.0. The van der Waals surface area contributed by atoms with Crippen LogP contribution >= 0.6 is 11.8 Å². The lowest BCUT2D eigenvalue weighted by molar-refractivity contribution is -0.131. The van der Waals surface area contributed by atoms with E-state index in [0.29, 0.717) is 25.6 Å². The number of likely N-dealkylation sites (tertiary alicyclic amines) is 1. The highest BCUT2D eigenvalue weighted by atomic mass is 32.2. The summed E-state index contributed by atoms with van der Waals surface area (Å²) in [7, 11) is 0. The predicted octanol–water partition coefficient (Wildman–Crippen LogP) is 3.14. The molecule has 0 saturated carbocycles. The molecule has 2 aromatic rings. The van der Waals surface area contributed by atoms with E-state index >= 15 is 0 Å². The highest BCUT2D eigenvalue weighted by molar-refractivity contribution is 7.99. The van der Waals surface area contributed by atoms with Crippen LogP contribution in [0.2, 0.25) is 0 Å². The summed E-state index contributed by atoms with van der Waals surface area (Å²) in [6.45, 7) is 2.80. The molecule has 1 fully saturated rings. The zero-order valence-electron chi connectivity index (χ0n) is 15.2. The molecule has 1 amide bonds. The maximum atomic E-state index is 12.5. The van der Waals surface area contributed by atoms with Crippen molar-refractivity contribution in [2.75, 3.05) is 32.1 Å². The molecule has 3 heterocycles. The van der Waals surface area contributed by atoms with Crippen LogP contribution in [0.3, 0.4) is 0 Å². The molecule has 142 valence electrons. The van der Waals surface area contributed by atoms with Crippen LogP contribution in [0.15, 0.2) is 41.7 Å². The van der Waals surface area contributed by atoms with Gasteiger partial charge in [0.05, 0.1) is 0 Å². The number of nitrogens with zero attached hydrogens (tertiary/aromatic N) is 3. The van der Waals surface area contributed by atoms with Gasteiger partial charge in [0.2, 0.25) is 5.91 Å². The van der Waals surface area contributed by atoms with E-state index < -0.39 is 0 Å². The SMILES string of the molecule is O=C(CCSc1ccc2c(c1)OCCO2)N1CCC(c2ccncn2)CC1. The third-order valence-corrected chi connectivity index (χ3v) is 5.96. The fourth-order valence-corrected chi connectivity index (χ4v) is 4.36. The Bertz CT molecular complexity index is 779. The number of fused-ring (bicyclic) bond motifs is 1. The number of carbonyl (C=O) groups excluding carboxylic acids is 1. The van der Waals surface area contributed by atoms with Gasteiger partial charge < -0.3 is 14.4 Å². The van der Waals surface area contributed by atoms with Crippen LogP contribution in [0.1, 0.15) is 30.9 Å². The van der Waals surface area contributed by atoms with Crippen LogP contribution in [0.4, 0.5) is 0 Å². The second-order valence-electron chi connectivity index (χ2n) is 6.69. The van der Waals surface area contributed by atoms with Gasteiger partial charge in [-0.15, -0.1) is 11.8 Å². The zero-order chi connectivity index (χ0) is 18.5. The van der Waals surface area contributed by atoms with Gasteiger partial charge in [-0.2, -0.15) is 0 Å². The number of amides is 1. The van der Waals surface area contributed by atoms with Crippen molar-refractivity contribution in [3.63, 3.8) is 0 Å². The van der Waals surface area contributed by atoms with E-state index in [2.05, 4.69) is 9.97 Å². The van der Waals surface area contributed by atoms with Gasteiger partial charge in [0.15, 0.2) is 11.5 Å². The van der Waals surface area contributed by atoms with Gasteiger partial charge in [0.1, 0.15) is 19.5 Å². The molecule has 0 unspecified atom stereocenters. The number of piperidine rings is 1. The maximum Gasteiger partial charge on any atom is 0.223 e. The van der Waals surface area contributed by atoms with Crippen molar-refractivity contribution < 1.29 is 14.3 Å². The molecular weight excluding hydrogens is 362 g/mol. The first kappa shape index (κ1) is 18.1. The van der Waals surface area contributed by atoms with E-state index in [1.54, 1.807) is 24.3 Å². The fraction of sp³-hybridized carbons (Fsp3) is 0.450. The van der Waals surface area contributed by atoms with Gasteiger partial charge >= 0.3 is 0 Å². The summed E-state index contributed by atoms with van der Waals surface area (Å²) in [4.78, 5) is 23.9. The summed E-state index contributed by atoms with van der Waals surface area (Å²) in [5, 5.41) is 0. The first-order valence-corrected chi connectivity index (χ1v) is 10.3. The monoisotopic (exact) mass is 385 g/mol. The molecule has 27 heavy (non-hydrogen) atoms. The molecule has 1 aromatic carbocycles. The van der Waals surface area contributed by atoms with Gasteiger partial charge in [-0.25, -0.2) is 9.97 Å². The lowest BCUT2D eigenvalue weighted by atomic mass is 9.93. The number of thioether (sulfide) groups is 1. The van der Waals surface area contributed by atoms with Crippen LogP contribution in [-0.2, 0) is 4.79 Å². The normalized spacial score (nSPS) is 17.0. The number of aromatic nitrogens is 2. The van der Waals surface area contributed by atoms with Crippen molar-refractivity contribution in [3.8, 4) is 11.5 Å². The molecule has 2 aliphatic heterocycles. The molecule has 1 aromatic heterocycles. The number of hydrogen-bond donors (Lipinski definition) is 0. The number of rotatable bonds is 5. The summed E-state index contributed by atoms with van der Waals surface area (Å²) < 4.78 is 11.1. The van der Waals surface area contributed by atoms with Crippen molar-refractivity contribution in [2.45, 2.75) is 30.1 Å². The standard InChI is InChI=1S/C20H23N3O3S/c24-20(23-8-4-15(5-9-23)17-3-7-21-14-22-17)6-12-27-16-1-2-18-19(13-16)26-11-10-25-18/h1-3,7,13-15H,4-6,8-12H2. The van der Waals surface area contributed by atoms with Crippen molar-refractivity contribution >= 4 is 17.7 Å². The Kier molecular flexibility index (Phi) is 5.77. The number of ether oxygens (including phenoxy) is 2. The van der Waals surface area contributed by atoms with Gasteiger partial charge in [0, 0.05) is 48.0 Å². The molecule has 1 saturated heterocycles. The van der Waals surface area contributed by atoms with E-state index in [-0.39, 0.29) is 5.91 Å². The van der Waals surface area contributed by atoms with Crippen LogP contribution < -0.4 is 9.47 Å². The van der Waals surface area contributed by atoms with Gasteiger partial charge in [-0.05, 0) is 37.1 Å². The van der Waals surface area contributed by atoms with Gasteiger partial charge in [0.25, 0.3) is 0 Å². The van der Waals surface area contributed by atoms with Crippen LogP contribution in [-0.4, -0.2) is 52.8 Å². The average molecular weight is 385 g/mol. The highest BCUT2D eigenvalue weighted by Crippen LogP contribution is 2.34. The maximum absolute atomic E-state index is 12.5. The summed E-state index contributed by atoms with van der Waals surface area (Å²) in [5.41, 5.74) is 1.09. The average Bonchev–Trinajstić information content (AvgIpc) is 2.74. The van der Waals surface area contributed by atoms with Gasteiger partial charge in [-0.1, -0.05) is 0 Å². The molecule has 4 rings (SSSR count). The van der Waals surface area contributed by atoms with Crippen molar-refractivity contribution in [1.82, 2.24) is 14.9 Å². The van der Waals surface area contributed by atoms with E-state index in [0.717, 1.165) is 53.8 Å². The number of benzene rings is 1. The first-order chi connectivity index (χ1) is 13.3. The third-order valence-electron chi connectivity index (χ3n) is 4.97. The highest BCUT2D eigenvalue weighted by Gasteiger charge is 2.24. The molecule has 2 aliphatic rings. The minimum atomic E-state index is 0.237. The molecular formula is C20H23N3O3S. The smallest absolute Gasteiger partial charge is 0.223 e. The predicted molar refractivity (Wildman–Crippen MR) is 103 cm³/mol. The fourth-order valence-electron chi connectivity index (χ4n) is 3.49. The minimum absolute atomic E-state index is 0.237. The van der Waals surface area contributed by atoms with E-state index in [4.69, 9.17) is 9.47 Å². The summed E-state index contributed by atoms with van der Waals surface area (Å²) in [5.74, 6) is 3.03. The summed E-state index contributed by atoms with van der Waals surface area (Å²) in [6, 6.07) is 7.94. The molecule has 0 bridgehead atoms. The summed E-state index contributed by atoms with van der Waals surface area (Å²) in [6.07, 6.45) is 5.88. The molecule has 0 radical (unpaired) electrons. The minimum Gasteiger partial charge on any atom is -0.486 e. The quantitative estimate of drug-likeness (QED) is 0.737.